The molecule has 0 saturated carbocycles. The molecule has 0 unspecified atom stereocenters. The Labute approximate surface area is 145 Å². The number of aromatic nitrogens is 2. The van der Waals surface area contributed by atoms with E-state index in [9.17, 15) is 18.4 Å². The van der Waals surface area contributed by atoms with Crippen molar-refractivity contribution in [1.29, 1.82) is 0 Å². The van der Waals surface area contributed by atoms with Gasteiger partial charge in [-0.05, 0) is 36.4 Å². The van der Waals surface area contributed by atoms with Crippen LogP contribution in [0.1, 0.15) is 10.4 Å². The van der Waals surface area contributed by atoms with Crippen molar-refractivity contribution in [3.8, 4) is 0 Å². The summed E-state index contributed by atoms with van der Waals surface area (Å²) >= 11 is 0. The van der Waals surface area contributed by atoms with Crippen LogP contribution in [0.15, 0.2) is 59.7 Å². The highest BCUT2D eigenvalue weighted by molar-refractivity contribution is 6.13. The monoisotopic (exact) mass is 351 g/mol. The lowest BCUT2D eigenvalue weighted by Crippen LogP contribution is -2.15. The van der Waals surface area contributed by atoms with Crippen LogP contribution in [-0.2, 0) is 0 Å². The number of rotatable bonds is 2. The second-order valence-corrected chi connectivity index (χ2v) is 5.69. The summed E-state index contributed by atoms with van der Waals surface area (Å²) in [6, 6.07) is 9.30. The van der Waals surface area contributed by atoms with Gasteiger partial charge in [-0.25, -0.2) is 8.78 Å². The molecule has 2 N–H and O–H groups in total. The predicted octanol–water partition coefficient (Wildman–Crippen LogP) is 3.61. The number of H-pyrrole nitrogens is 1. The van der Waals surface area contributed by atoms with E-state index in [0.717, 1.165) is 12.1 Å². The van der Waals surface area contributed by atoms with Crippen molar-refractivity contribution in [2.24, 2.45) is 0 Å². The first-order valence-corrected chi connectivity index (χ1v) is 7.70. The van der Waals surface area contributed by atoms with Crippen LogP contribution in [0.25, 0.3) is 21.8 Å². The van der Waals surface area contributed by atoms with Crippen LogP contribution < -0.4 is 10.7 Å². The summed E-state index contributed by atoms with van der Waals surface area (Å²) in [6.45, 7) is 0. The Morgan fingerprint density at radius 3 is 2.65 bits per heavy atom. The molecule has 0 spiro atoms. The van der Waals surface area contributed by atoms with Crippen LogP contribution in [0.5, 0.6) is 0 Å². The Kier molecular flexibility index (Phi) is 3.69. The van der Waals surface area contributed by atoms with E-state index in [1.165, 1.54) is 24.4 Å². The van der Waals surface area contributed by atoms with Crippen LogP contribution in [0.4, 0.5) is 14.5 Å². The van der Waals surface area contributed by atoms with Crippen molar-refractivity contribution in [3.05, 3.63) is 82.3 Å². The molecule has 0 saturated heterocycles. The number of carbonyl (C=O) groups excluding carboxylic acids is 1. The van der Waals surface area contributed by atoms with Gasteiger partial charge in [0.1, 0.15) is 11.6 Å². The number of carbonyl (C=O) groups is 1. The summed E-state index contributed by atoms with van der Waals surface area (Å²) in [5.74, 6) is -2.02. The van der Waals surface area contributed by atoms with Gasteiger partial charge in [-0.1, -0.05) is 6.07 Å². The van der Waals surface area contributed by atoms with Crippen molar-refractivity contribution in [2.45, 2.75) is 0 Å². The molecule has 26 heavy (non-hydrogen) atoms. The Morgan fingerprint density at radius 2 is 1.88 bits per heavy atom. The van der Waals surface area contributed by atoms with E-state index < -0.39 is 23.0 Å². The van der Waals surface area contributed by atoms with E-state index in [4.69, 9.17) is 0 Å². The second kappa shape index (κ2) is 6.03. The molecular formula is C19H11F2N3O2. The van der Waals surface area contributed by atoms with Crippen LogP contribution >= 0.6 is 0 Å². The molecule has 0 bridgehead atoms. The van der Waals surface area contributed by atoms with Gasteiger partial charge in [-0.15, -0.1) is 0 Å². The maximum Gasteiger partial charge on any atom is 0.257 e. The Hall–Kier alpha value is -3.61. The molecular weight excluding hydrogens is 340 g/mol. The maximum absolute atomic E-state index is 14.1. The van der Waals surface area contributed by atoms with Crippen molar-refractivity contribution >= 4 is 33.4 Å². The summed E-state index contributed by atoms with van der Waals surface area (Å²) in [7, 11) is 0. The van der Waals surface area contributed by atoms with E-state index in [2.05, 4.69) is 15.3 Å². The fourth-order valence-corrected chi connectivity index (χ4v) is 2.85. The largest absolute Gasteiger partial charge is 0.351 e. The first-order chi connectivity index (χ1) is 12.5. The second-order valence-electron chi connectivity index (χ2n) is 5.69. The number of para-hydroxylation sites is 1. The molecule has 1 amide bonds. The van der Waals surface area contributed by atoms with Crippen molar-refractivity contribution in [1.82, 2.24) is 9.97 Å². The number of benzene rings is 2. The van der Waals surface area contributed by atoms with Crippen LogP contribution in [0, 0.1) is 11.6 Å². The molecule has 0 aliphatic carbocycles. The highest BCUT2D eigenvalue weighted by Crippen LogP contribution is 2.22. The van der Waals surface area contributed by atoms with E-state index in [0.29, 0.717) is 5.69 Å². The van der Waals surface area contributed by atoms with Gasteiger partial charge in [0.25, 0.3) is 5.91 Å². The van der Waals surface area contributed by atoms with Crippen LogP contribution in [-0.4, -0.2) is 15.9 Å². The summed E-state index contributed by atoms with van der Waals surface area (Å²) in [5.41, 5.74) is -0.221. The fourth-order valence-electron chi connectivity index (χ4n) is 2.85. The maximum atomic E-state index is 14.1. The SMILES string of the molecule is O=C(Nc1cccnc1)c1cc(F)cc2c(=O)c3cccc(F)c3[nH]c12. The zero-order valence-corrected chi connectivity index (χ0v) is 13.2. The summed E-state index contributed by atoms with van der Waals surface area (Å²) < 4.78 is 28.1. The van der Waals surface area contributed by atoms with Gasteiger partial charge >= 0.3 is 0 Å². The van der Waals surface area contributed by atoms with Crippen molar-refractivity contribution < 1.29 is 13.6 Å². The van der Waals surface area contributed by atoms with E-state index in [1.807, 2.05) is 0 Å². The van der Waals surface area contributed by atoms with Gasteiger partial charge in [-0.2, -0.15) is 0 Å². The van der Waals surface area contributed by atoms with Crippen molar-refractivity contribution in [3.63, 3.8) is 0 Å². The number of amides is 1. The van der Waals surface area contributed by atoms with Gasteiger partial charge in [-0.3, -0.25) is 14.6 Å². The third-order valence-electron chi connectivity index (χ3n) is 4.02. The Balaban J connectivity index is 1.97. The highest BCUT2D eigenvalue weighted by atomic mass is 19.1. The lowest BCUT2D eigenvalue weighted by molar-refractivity contribution is 0.102. The summed E-state index contributed by atoms with van der Waals surface area (Å²) in [5, 5.41) is 2.63. The highest BCUT2D eigenvalue weighted by Gasteiger charge is 2.17. The zero-order chi connectivity index (χ0) is 18.3. The minimum atomic E-state index is -0.741. The molecule has 7 heteroatoms. The minimum absolute atomic E-state index is 0.0283. The molecule has 0 radical (unpaired) electrons. The zero-order valence-electron chi connectivity index (χ0n) is 13.2. The lowest BCUT2D eigenvalue weighted by atomic mass is 10.0. The van der Waals surface area contributed by atoms with E-state index >= 15 is 0 Å². The van der Waals surface area contributed by atoms with Crippen LogP contribution in [0.3, 0.4) is 0 Å². The number of fused-ring (bicyclic) bond motifs is 2. The van der Waals surface area contributed by atoms with Gasteiger partial charge in [0.15, 0.2) is 5.43 Å². The quantitative estimate of drug-likeness (QED) is 0.542. The number of hydrogen-bond donors (Lipinski definition) is 2. The average molecular weight is 351 g/mol. The number of aromatic amines is 1. The summed E-state index contributed by atoms with van der Waals surface area (Å²) in [6.07, 6.45) is 2.97. The molecule has 4 rings (SSSR count). The number of nitrogens with zero attached hydrogens (tertiary/aromatic N) is 1. The Bertz CT molecular complexity index is 1220. The van der Waals surface area contributed by atoms with Gasteiger partial charge in [0.2, 0.25) is 0 Å². The molecule has 4 aromatic rings. The smallest absolute Gasteiger partial charge is 0.257 e. The first-order valence-electron chi connectivity index (χ1n) is 7.70. The number of halogens is 2. The van der Waals surface area contributed by atoms with Crippen molar-refractivity contribution in [2.75, 3.05) is 5.32 Å². The fraction of sp³-hybridized carbons (Fsp3) is 0. The number of pyridine rings is 2. The van der Waals surface area contributed by atoms with Gasteiger partial charge < -0.3 is 10.3 Å². The molecule has 128 valence electrons. The Morgan fingerprint density at radius 1 is 1.04 bits per heavy atom. The average Bonchev–Trinajstić information content (AvgIpc) is 2.64. The topological polar surface area (TPSA) is 74.8 Å². The molecule has 2 heterocycles. The third kappa shape index (κ3) is 2.59. The third-order valence-corrected chi connectivity index (χ3v) is 4.02. The molecule has 0 aliphatic heterocycles. The van der Waals surface area contributed by atoms with E-state index in [1.54, 1.807) is 18.3 Å². The molecule has 0 fully saturated rings. The molecule has 2 aromatic heterocycles. The lowest BCUT2D eigenvalue weighted by Gasteiger charge is -2.10. The van der Waals surface area contributed by atoms with Crippen LogP contribution in [0.2, 0.25) is 0 Å². The standard InChI is InChI=1S/C19H11F2N3O2/c20-10-7-13-16(24-17-12(18(13)25)4-1-5-15(17)21)14(8-10)19(26)23-11-3-2-6-22-9-11/h1-9H,(H,23,26)(H,24,25). The molecule has 5 nitrogen and oxygen atoms in total. The molecule has 2 aromatic carbocycles. The normalized spacial score (nSPS) is 11.0. The number of anilines is 1. The van der Waals surface area contributed by atoms with Gasteiger partial charge in [0, 0.05) is 17.0 Å². The first kappa shape index (κ1) is 15.9. The molecule has 0 atom stereocenters. The minimum Gasteiger partial charge on any atom is -0.351 e. The molecule has 0 aliphatic rings. The van der Waals surface area contributed by atoms with E-state index in [-0.39, 0.29) is 27.4 Å². The number of hydrogen-bond acceptors (Lipinski definition) is 3. The predicted molar refractivity (Wildman–Crippen MR) is 94.2 cm³/mol. The summed E-state index contributed by atoms with van der Waals surface area (Å²) in [4.78, 5) is 31.9. The number of nitrogens with one attached hydrogen (secondary N) is 2. The van der Waals surface area contributed by atoms with Gasteiger partial charge in [0.05, 0.1) is 28.5 Å².